The van der Waals surface area contributed by atoms with E-state index in [1.165, 1.54) is 11.3 Å². The van der Waals surface area contributed by atoms with Crippen LogP contribution in [-0.4, -0.2) is 35.5 Å². The Labute approximate surface area is 177 Å². The second-order valence-electron chi connectivity index (χ2n) is 8.81. The number of hydrogen-bond acceptors (Lipinski definition) is 3. The van der Waals surface area contributed by atoms with Crippen LogP contribution in [0.2, 0.25) is 0 Å². The number of carbonyl (C=O) groups excluding carboxylic acids is 2. The molecule has 3 unspecified atom stereocenters. The number of allylic oxidation sites excluding steroid dienone is 1. The molecule has 4 aliphatic carbocycles. The van der Waals surface area contributed by atoms with Gasteiger partial charge in [-0.3, -0.25) is 4.79 Å². The van der Waals surface area contributed by atoms with Crippen molar-refractivity contribution in [3.05, 3.63) is 71.0 Å². The third-order valence-electron chi connectivity index (χ3n) is 7.18. The molecule has 0 aromatic heterocycles. The van der Waals surface area contributed by atoms with Crippen LogP contribution in [0.25, 0.3) is 0 Å². The van der Waals surface area contributed by atoms with Crippen LogP contribution in [0.4, 0.5) is 4.79 Å². The summed E-state index contributed by atoms with van der Waals surface area (Å²) in [6, 6.07) is 10.1. The molecule has 156 valence electrons. The molecule has 2 bridgehead atoms. The SMILES string of the molecule is COC1=CC23C=CC1C(c1ccccc1)C2=C(C)C(=O)N3C(=O)NC1CCCCC1. The van der Waals surface area contributed by atoms with Crippen LogP contribution in [0.1, 0.15) is 50.5 Å². The average Bonchev–Trinajstić information content (AvgIpc) is 3.01. The van der Waals surface area contributed by atoms with Crippen molar-refractivity contribution < 1.29 is 14.3 Å². The van der Waals surface area contributed by atoms with Crippen LogP contribution in [0, 0.1) is 5.92 Å². The number of imide groups is 1. The summed E-state index contributed by atoms with van der Waals surface area (Å²) >= 11 is 0. The van der Waals surface area contributed by atoms with Crippen molar-refractivity contribution in [1.29, 1.82) is 0 Å². The van der Waals surface area contributed by atoms with E-state index in [0.29, 0.717) is 5.57 Å². The standard InChI is InChI=1S/C25H28N2O3/c1-16-22-21(17-9-5-3-6-10-17)19-13-14-25(22,15-20(19)30-2)27(23(16)28)24(29)26-18-11-7-4-8-12-18/h3,5-6,9-10,13-15,18-19,21H,4,7-8,11-12H2,1-2H3,(H,26,29). The molecular formula is C25H28N2O3. The molecule has 1 spiro atoms. The molecule has 0 saturated heterocycles. The summed E-state index contributed by atoms with van der Waals surface area (Å²) in [4.78, 5) is 28.2. The van der Waals surface area contributed by atoms with E-state index in [2.05, 4.69) is 23.5 Å². The maximum atomic E-state index is 13.4. The van der Waals surface area contributed by atoms with E-state index in [1.807, 2.05) is 37.3 Å². The highest BCUT2D eigenvalue weighted by Crippen LogP contribution is 2.57. The minimum atomic E-state index is -0.888. The van der Waals surface area contributed by atoms with Crippen molar-refractivity contribution in [3.63, 3.8) is 0 Å². The fourth-order valence-corrected chi connectivity index (χ4v) is 5.80. The van der Waals surface area contributed by atoms with Gasteiger partial charge in [0.2, 0.25) is 0 Å². The van der Waals surface area contributed by atoms with Crippen LogP contribution < -0.4 is 5.32 Å². The number of nitrogens with one attached hydrogen (secondary N) is 1. The summed E-state index contributed by atoms with van der Waals surface area (Å²) in [6.45, 7) is 1.86. The molecule has 0 radical (unpaired) electrons. The summed E-state index contributed by atoms with van der Waals surface area (Å²) in [7, 11) is 1.67. The average molecular weight is 405 g/mol. The number of rotatable bonds is 3. The molecule has 1 heterocycles. The maximum absolute atomic E-state index is 13.4. The number of ether oxygens (including phenoxy) is 1. The Kier molecular flexibility index (Phi) is 4.57. The fraction of sp³-hybridized carbons (Fsp3) is 0.440. The van der Waals surface area contributed by atoms with E-state index in [0.717, 1.165) is 42.6 Å². The highest BCUT2D eigenvalue weighted by Gasteiger charge is 2.59. The zero-order valence-electron chi connectivity index (χ0n) is 17.6. The normalized spacial score (nSPS) is 30.4. The van der Waals surface area contributed by atoms with Crippen molar-refractivity contribution in [2.24, 2.45) is 5.92 Å². The summed E-state index contributed by atoms with van der Waals surface area (Å²) in [5.41, 5.74) is 1.92. The summed E-state index contributed by atoms with van der Waals surface area (Å²) in [5, 5.41) is 3.14. The molecule has 5 heteroatoms. The topological polar surface area (TPSA) is 58.6 Å². The molecule has 6 rings (SSSR count). The molecule has 30 heavy (non-hydrogen) atoms. The first-order valence-corrected chi connectivity index (χ1v) is 10.9. The lowest BCUT2D eigenvalue weighted by molar-refractivity contribution is -0.124. The lowest BCUT2D eigenvalue weighted by Crippen LogP contribution is -2.58. The lowest BCUT2D eigenvalue weighted by Gasteiger charge is -2.47. The fourth-order valence-electron chi connectivity index (χ4n) is 5.80. The minimum absolute atomic E-state index is 0.0208. The van der Waals surface area contributed by atoms with E-state index in [9.17, 15) is 9.59 Å². The van der Waals surface area contributed by atoms with Crippen molar-refractivity contribution in [2.45, 2.75) is 56.5 Å². The second kappa shape index (κ2) is 7.15. The van der Waals surface area contributed by atoms with E-state index in [1.54, 1.807) is 7.11 Å². The Morgan fingerprint density at radius 3 is 2.60 bits per heavy atom. The van der Waals surface area contributed by atoms with Gasteiger partial charge in [0.05, 0.1) is 7.11 Å². The molecule has 5 nitrogen and oxygen atoms in total. The molecular weight excluding hydrogens is 376 g/mol. The van der Waals surface area contributed by atoms with Gasteiger partial charge in [-0.15, -0.1) is 0 Å². The number of nitrogens with zero attached hydrogens (tertiary/aromatic N) is 1. The van der Waals surface area contributed by atoms with Gasteiger partial charge < -0.3 is 10.1 Å². The predicted molar refractivity (Wildman–Crippen MR) is 115 cm³/mol. The number of amides is 3. The second-order valence-corrected chi connectivity index (χ2v) is 8.81. The molecule has 1 N–H and O–H groups in total. The molecule has 1 saturated carbocycles. The van der Waals surface area contributed by atoms with Crippen molar-refractivity contribution in [2.75, 3.05) is 7.11 Å². The zero-order chi connectivity index (χ0) is 20.9. The van der Waals surface area contributed by atoms with Crippen LogP contribution in [0.15, 0.2) is 65.5 Å². The number of benzene rings is 1. The van der Waals surface area contributed by atoms with E-state index < -0.39 is 5.54 Å². The van der Waals surface area contributed by atoms with Gasteiger partial charge in [-0.05, 0) is 37.0 Å². The van der Waals surface area contributed by atoms with Crippen LogP contribution in [0.3, 0.4) is 0 Å². The van der Waals surface area contributed by atoms with Gasteiger partial charge in [-0.1, -0.05) is 61.7 Å². The van der Waals surface area contributed by atoms with E-state index >= 15 is 0 Å². The van der Waals surface area contributed by atoms with Crippen LogP contribution in [-0.2, 0) is 9.53 Å². The molecule has 1 aliphatic heterocycles. The third-order valence-corrected chi connectivity index (χ3v) is 7.18. The number of urea groups is 1. The largest absolute Gasteiger partial charge is 0.501 e. The van der Waals surface area contributed by atoms with Gasteiger partial charge in [0, 0.05) is 23.5 Å². The van der Waals surface area contributed by atoms with Gasteiger partial charge >= 0.3 is 6.03 Å². The molecule has 1 fully saturated rings. The highest BCUT2D eigenvalue weighted by atomic mass is 16.5. The summed E-state index contributed by atoms with van der Waals surface area (Å²) < 4.78 is 5.75. The number of methoxy groups -OCH3 is 1. The third kappa shape index (κ3) is 2.68. The van der Waals surface area contributed by atoms with Crippen molar-refractivity contribution in [3.8, 4) is 0 Å². The van der Waals surface area contributed by atoms with Gasteiger partial charge in [0.25, 0.3) is 5.91 Å². The molecule has 1 aromatic carbocycles. The maximum Gasteiger partial charge on any atom is 0.325 e. The summed E-state index contributed by atoms with van der Waals surface area (Å²) in [5.74, 6) is 0.608. The zero-order valence-corrected chi connectivity index (χ0v) is 17.6. The van der Waals surface area contributed by atoms with Gasteiger partial charge in [0.15, 0.2) is 0 Å². The van der Waals surface area contributed by atoms with Crippen LogP contribution >= 0.6 is 0 Å². The molecule has 3 amide bonds. The lowest BCUT2D eigenvalue weighted by atomic mass is 9.62. The van der Waals surface area contributed by atoms with E-state index in [4.69, 9.17) is 4.74 Å². The van der Waals surface area contributed by atoms with Gasteiger partial charge in [-0.2, -0.15) is 0 Å². The molecule has 5 aliphatic rings. The Morgan fingerprint density at radius 1 is 1.17 bits per heavy atom. The number of carbonyl (C=O) groups is 2. The minimum Gasteiger partial charge on any atom is -0.501 e. The Balaban J connectivity index is 1.58. The smallest absolute Gasteiger partial charge is 0.325 e. The first-order valence-electron chi connectivity index (χ1n) is 10.9. The molecule has 1 aromatic rings. The quantitative estimate of drug-likeness (QED) is 0.758. The van der Waals surface area contributed by atoms with Gasteiger partial charge in [0.1, 0.15) is 11.3 Å². The first kappa shape index (κ1) is 19.2. The van der Waals surface area contributed by atoms with Crippen LogP contribution in [0.5, 0.6) is 0 Å². The first-order chi connectivity index (χ1) is 14.6. The Morgan fingerprint density at radius 2 is 1.90 bits per heavy atom. The van der Waals surface area contributed by atoms with E-state index in [-0.39, 0.29) is 29.8 Å². The highest BCUT2D eigenvalue weighted by molar-refractivity contribution is 6.10. The van der Waals surface area contributed by atoms with Gasteiger partial charge in [-0.25, -0.2) is 9.69 Å². The van der Waals surface area contributed by atoms with Crippen molar-refractivity contribution in [1.82, 2.24) is 10.2 Å². The van der Waals surface area contributed by atoms with Crippen molar-refractivity contribution >= 4 is 11.9 Å². The monoisotopic (exact) mass is 404 g/mol. The predicted octanol–water partition coefficient (Wildman–Crippen LogP) is 4.44. The number of hydrogen-bond donors (Lipinski definition) is 1. The Bertz CT molecular complexity index is 971. The molecule has 3 atom stereocenters. The Hall–Kier alpha value is -2.82. The summed E-state index contributed by atoms with van der Waals surface area (Å²) in [6.07, 6.45) is 11.5.